The fourth-order valence-electron chi connectivity index (χ4n) is 9.01. The summed E-state index contributed by atoms with van der Waals surface area (Å²) < 4.78 is 71.8. The van der Waals surface area contributed by atoms with Gasteiger partial charge in [0.05, 0.1) is 34.4 Å². The third-order valence-corrected chi connectivity index (χ3v) is 17.0. The number of aromatic nitrogens is 2. The van der Waals surface area contributed by atoms with Crippen LogP contribution in [-0.4, -0.2) is 57.4 Å². The van der Waals surface area contributed by atoms with E-state index in [1.807, 2.05) is 60.7 Å². The second kappa shape index (κ2) is 19.6. The van der Waals surface area contributed by atoms with Gasteiger partial charge in [-0.25, -0.2) is 24.8 Å². The number of nitrogens with zero attached hydrogens (tertiary/aromatic N) is 2. The number of para-hydroxylation sites is 2. The number of hydrogen-bond acceptors (Lipinski definition) is 10. The first kappa shape index (κ1) is 47.8. The van der Waals surface area contributed by atoms with Crippen LogP contribution in [0.2, 0.25) is 0 Å². The maximum Gasteiger partial charge on any atom is 0.307 e. The smallest absolute Gasteiger partial charge is 0.307 e. The van der Waals surface area contributed by atoms with Crippen molar-refractivity contribution in [2.75, 3.05) is 0 Å². The van der Waals surface area contributed by atoms with Crippen LogP contribution >= 0.6 is 0 Å². The SMILES string of the molecule is CC(CC(N)c1cccc(-c2cc(COc3ccccc3CC(=O)O)cc3c2ccn3S(=O)(=O)C2CC2)c1)S(=O)(=O)n1ccc2c(-c3cccc(CN)c3)cc(COc3ccccc3CC(=O)O)cc21. The van der Waals surface area contributed by atoms with Crippen molar-refractivity contribution in [1.82, 2.24) is 7.94 Å². The lowest BCUT2D eigenvalue weighted by atomic mass is 9.95. The predicted molar refractivity (Wildman–Crippen MR) is 270 cm³/mol. The highest BCUT2D eigenvalue weighted by atomic mass is 32.2. The van der Waals surface area contributed by atoms with Crippen LogP contribution in [0.1, 0.15) is 65.6 Å². The molecule has 0 bridgehead atoms. The minimum absolute atomic E-state index is 0.0216. The summed E-state index contributed by atoms with van der Waals surface area (Å²) in [6.07, 6.45) is 3.89. The Labute approximate surface area is 405 Å². The number of carboxylic acid groups (broad SMARTS) is 2. The molecule has 1 aliphatic rings. The van der Waals surface area contributed by atoms with Gasteiger partial charge in [-0.05, 0) is 131 Å². The predicted octanol–water partition coefficient (Wildman–Crippen LogP) is 8.80. The molecular formula is C54H52N4O10S2. The Kier molecular flexibility index (Phi) is 13.4. The van der Waals surface area contributed by atoms with Gasteiger partial charge in [-0.2, -0.15) is 0 Å². The summed E-state index contributed by atoms with van der Waals surface area (Å²) in [7, 11) is -7.76. The van der Waals surface area contributed by atoms with E-state index in [0.29, 0.717) is 86.1 Å². The number of carbonyl (C=O) groups is 2. The van der Waals surface area contributed by atoms with Gasteiger partial charge in [-0.15, -0.1) is 0 Å². The Balaban J connectivity index is 1.02. The first-order valence-corrected chi connectivity index (χ1v) is 25.9. The van der Waals surface area contributed by atoms with E-state index in [0.717, 1.165) is 22.3 Å². The lowest BCUT2D eigenvalue weighted by Gasteiger charge is -2.20. The summed E-state index contributed by atoms with van der Waals surface area (Å²) in [6.45, 7) is 2.00. The normalized spacial score (nSPS) is 13.9. The number of hydrogen-bond donors (Lipinski definition) is 4. The molecule has 0 saturated heterocycles. The molecule has 1 aliphatic carbocycles. The van der Waals surface area contributed by atoms with E-state index in [4.69, 9.17) is 20.9 Å². The van der Waals surface area contributed by atoms with Gasteiger partial charge in [-0.3, -0.25) is 9.59 Å². The average molecular weight is 981 g/mol. The summed E-state index contributed by atoms with van der Waals surface area (Å²) in [5, 5.41) is 18.9. The zero-order valence-electron chi connectivity index (χ0n) is 38.3. The molecular weight excluding hydrogens is 929 g/mol. The Hall–Kier alpha value is -7.24. The molecule has 2 unspecified atom stereocenters. The topological polar surface area (TPSA) is 223 Å². The number of rotatable bonds is 20. The fourth-order valence-corrected chi connectivity index (χ4v) is 12.2. The average Bonchev–Trinajstić information content (AvgIpc) is 3.99. The molecule has 0 amide bonds. The maximum absolute atomic E-state index is 14.7. The summed E-state index contributed by atoms with van der Waals surface area (Å²) in [5.74, 6) is -1.18. The van der Waals surface area contributed by atoms with Crippen LogP contribution in [0.25, 0.3) is 44.1 Å². The molecule has 6 N–H and O–H groups in total. The number of carboxylic acids is 2. The molecule has 0 aliphatic heterocycles. The van der Waals surface area contributed by atoms with Crippen molar-refractivity contribution in [3.05, 3.63) is 179 Å². The van der Waals surface area contributed by atoms with Crippen molar-refractivity contribution >= 4 is 53.8 Å². The molecule has 6 aromatic carbocycles. The first-order valence-electron chi connectivity index (χ1n) is 22.9. The highest BCUT2D eigenvalue weighted by molar-refractivity contribution is 7.91. The summed E-state index contributed by atoms with van der Waals surface area (Å²) in [5.41, 5.74) is 20.8. The van der Waals surface area contributed by atoms with E-state index in [1.165, 1.54) is 7.94 Å². The zero-order chi connectivity index (χ0) is 49.3. The van der Waals surface area contributed by atoms with Crippen molar-refractivity contribution in [3.8, 4) is 33.8 Å². The van der Waals surface area contributed by atoms with Gasteiger partial charge in [0, 0.05) is 46.9 Å². The minimum Gasteiger partial charge on any atom is -0.489 e. The van der Waals surface area contributed by atoms with E-state index in [2.05, 4.69) is 0 Å². The molecule has 0 radical (unpaired) electrons. The number of ether oxygens (including phenoxy) is 2. The number of fused-ring (bicyclic) bond motifs is 2. The second-order valence-electron chi connectivity index (χ2n) is 17.8. The Morgan fingerprint density at radius 1 is 0.643 bits per heavy atom. The molecule has 0 spiro atoms. The van der Waals surface area contributed by atoms with E-state index >= 15 is 0 Å². The van der Waals surface area contributed by atoms with Crippen LogP contribution in [0.4, 0.5) is 0 Å². The third kappa shape index (κ3) is 9.94. The molecule has 16 heteroatoms. The van der Waals surface area contributed by atoms with Crippen LogP contribution in [0.5, 0.6) is 11.5 Å². The Morgan fingerprint density at radius 3 is 1.70 bits per heavy atom. The minimum atomic E-state index is -4.09. The second-order valence-corrected chi connectivity index (χ2v) is 22.1. The van der Waals surface area contributed by atoms with Crippen LogP contribution in [0.3, 0.4) is 0 Å². The van der Waals surface area contributed by atoms with Crippen LogP contribution in [-0.2, 0) is 62.2 Å². The van der Waals surface area contributed by atoms with Gasteiger partial charge in [0.1, 0.15) is 24.7 Å². The van der Waals surface area contributed by atoms with Gasteiger partial charge in [0.15, 0.2) is 0 Å². The van der Waals surface area contributed by atoms with E-state index in [-0.39, 0.29) is 32.5 Å². The zero-order valence-corrected chi connectivity index (χ0v) is 39.9. The van der Waals surface area contributed by atoms with E-state index in [1.54, 1.807) is 92.1 Å². The van der Waals surface area contributed by atoms with Gasteiger partial charge in [0.25, 0.3) is 0 Å². The highest BCUT2D eigenvalue weighted by Crippen LogP contribution is 2.39. The standard InChI is InChI=1S/C54H52N4O10S2/c1-34(69(63,64)57-20-18-44-46(38-11-6-8-35(23-38)31-55)24-36(26-49(44)57)32-67-51-14-4-2-9-41(51)29-53(59)60)22-48(56)40-13-7-12-39(28-40)47-25-37(33-68-52-15-5-3-10-42(52)30-54(61)62)27-50-45(47)19-21-58(50)70(65,66)43-16-17-43/h2-15,18-21,23-28,34,43,48H,16-17,22,29-33,55-56H2,1H3,(H,59,60)(H,61,62). The Morgan fingerprint density at radius 2 is 1.16 bits per heavy atom. The van der Waals surface area contributed by atoms with Gasteiger partial charge in [-0.1, -0.05) is 72.8 Å². The summed E-state index contributed by atoms with van der Waals surface area (Å²) in [6, 6.07) is 39.2. The monoisotopic (exact) mass is 980 g/mol. The molecule has 1 saturated carbocycles. The number of benzene rings is 6. The molecule has 2 aromatic heterocycles. The van der Waals surface area contributed by atoms with Crippen molar-refractivity contribution in [1.29, 1.82) is 0 Å². The number of aliphatic carboxylic acids is 2. The van der Waals surface area contributed by atoms with Crippen molar-refractivity contribution in [2.45, 2.75) is 75.3 Å². The molecule has 8 aromatic rings. The van der Waals surface area contributed by atoms with Crippen molar-refractivity contribution in [3.63, 3.8) is 0 Å². The maximum atomic E-state index is 14.7. The van der Waals surface area contributed by atoms with Crippen LogP contribution in [0, 0.1) is 0 Å². The largest absolute Gasteiger partial charge is 0.489 e. The molecule has 14 nitrogen and oxygen atoms in total. The summed E-state index contributed by atoms with van der Waals surface area (Å²) in [4.78, 5) is 23.2. The lowest BCUT2D eigenvalue weighted by Crippen LogP contribution is -2.28. The summed E-state index contributed by atoms with van der Waals surface area (Å²) >= 11 is 0. The molecule has 1 fully saturated rings. The molecule has 2 heterocycles. The van der Waals surface area contributed by atoms with E-state index in [9.17, 15) is 36.6 Å². The Bertz CT molecular complexity index is 3520. The third-order valence-electron chi connectivity index (χ3n) is 12.8. The molecule has 360 valence electrons. The van der Waals surface area contributed by atoms with Crippen LogP contribution in [0.15, 0.2) is 146 Å². The van der Waals surface area contributed by atoms with E-state index < -0.39 is 48.5 Å². The van der Waals surface area contributed by atoms with Gasteiger partial charge in [0.2, 0.25) is 20.0 Å². The lowest BCUT2D eigenvalue weighted by molar-refractivity contribution is -0.137. The van der Waals surface area contributed by atoms with Crippen LogP contribution < -0.4 is 20.9 Å². The fraction of sp³-hybridized carbons (Fsp3) is 0.222. The van der Waals surface area contributed by atoms with Crippen molar-refractivity contribution < 1.29 is 46.1 Å². The highest BCUT2D eigenvalue weighted by Gasteiger charge is 2.38. The molecule has 2 atom stereocenters. The number of nitrogens with two attached hydrogens (primary N) is 2. The van der Waals surface area contributed by atoms with Gasteiger partial charge < -0.3 is 31.2 Å². The van der Waals surface area contributed by atoms with Crippen molar-refractivity contribution in [2.24, 2.45) is 11.5 Å². The molecule has 9 rings (SSSR count). The quantitative estimate of drug-likeness (QED) is 0.0563. The molecule has 70 heavy (non-hydrogen) atoms. The first-order chi connectivity index (χ1) is 33.6. The van der Waals surface area contributed by atoms with Gasteiger partial charge >= 0.3 is 11.9 Å².